The van der Waals surface area contributed by atoms with Crippen molar-refractivity contribution in [2.75, 3.05) is 23.4 Å². The van der Waals surface area contributed by atoms with Crippen LogP contribution < -0.4 is 5.32 Å². The molecule has 3 nitrogen and oxygen atoms in total. The molecule has 11 heteroatoms. The Balaban J connectivity index is 2.14. The van der Waals surface area contributed by atoms with E-state index in [1.165, 1.54) is 11.8 Å². The quantitative estimate of drug-likeness (QED) is 0.776. The first-order valence-corrected chi connectivity index (χ1v) is 8.42. The number of rotatable bonds is 3. The molecule has 1 heterocycles. The topological polar surface area (TPSA) is 41.5 Å². The SMILES string of the molecule is O=C(CSC1=NCCS1)Nc1cc(C(F)(F)F)cc(C(F)(F)F)c1. The molecule has 0 saturated heterocycles. The summed E-state index contributed by atoms with van der Waals surface area (Å²) in [6.45, 7) is 0.622. The highest BCUT2D eigenvalue weighted by atomic mass is 32.2. The molecule has 0 aromatic heterocycles. The van der Waals surface area contributed by atoms with Crippen molar-refractivity contribution in [2.24, 2.45) is 4.99 Å². The van der Waals surface area contributed by atoms with Crippen molar-refractivity contribution in [1.29, 1.82) is 0 Å². The second-order valence-electron chi connectivity index (χ2n) is 4.63. The summed E-state index contributed by atoms with van der Waals surface area (Å²) < 4.78 is 77.0. The molecule has 0 fully saturated rings. The van der Waals surface area contributed by atoms with Gasteiger partial charge in [0.2, 0.25) is 5.91 Å². The third-order valence-corrected chi connectivity index (χ3v) is 5.01. The fourth-order valence-electron chi connectivity index (χ4n) is 1.75. The molecule has 1 N–H and O–H groups in total. The summed E-state index contributed by atoms with van der Waals surface area (Å²) >= 11 is 2.53. The van der Waals surface area contributed by atoms with E-state index in [1.807, 2.05) is 0 Å². The van der Waals surface area contributed by atoms with Crippen molar-refractivity contribution in [2.45, 2.75) is 12.4 Å². The van der Waals surface area contributed by atoms with E-state index in [4.69, 9.17) is 0 Å². The number of nitrogens with zero attached hydrogens (tertiary/aromatic N) is 1. The van der Waals surface area contributed by atoms with E-state index < -0.39 is 35.1 Å². The summed E-state index contributed by atoms with van der Waals surface area (Å²) in [7, 11) is 0. The van der Waals surface area contributed by atoms with Crippen molar-refractivity contribution in [3.05, 3.63) is 29.3 Å². The highest BCUT2D eigenvalue weighted by molar-refractivity contribution is 8.39. The van der Waals surface area contributed by atoms with Gasteiger partial charge in [0.1, 0.15) is 4.38 Å². The molecule has 0 atom stereocenters. The molecule has 0 aliphatic carbocycles. The summed E-state index contributed by atoms with van der Waals surface area (Å²) in [5.74, 6) is -0.0710. The van der Waals surface area contributed by atoms with Gasteiger partial charge in [0.15, 0.2) is 0 Å². The van der Waals surface area contributed by atoms with Crippen LogP contribution >= 0.6 is 23.5 Å². The number of thioether (sulfide) groups is 2. The van der Waals surface area contributed by atoms with Crippen LogP contribution in [0.3, 0.4) is 0 Å². The largest absolute Gasteiger partial charge is 0.416 e. The fourth-order valence-corrected chi connectivity index (χ4v) is 3.56. The van der Waals surface area contributed by atoms with Gasteiger partial charge in [0, 0.05) is 11.4 Å². The maximum atomic E-state index is 12.7. The van der Waals surface area contributed by atoms with Crippen LogP contribution in [-0.4, -0.2) is 28.3 Å². The van der Waals surface area contributed by atoms with Gasteiger partial charge in [-0.1, -0.05) is 23.5 Å². The number of hydrogen-bond acceptors (Lipinski definition) is 4. The Labute approximate surface area is 141 Å². The van der Waals surface area contributed by atoms with E-state index in [1.54, 1.807) is 0 Å². The zero-order chi connectivity index (χ0) is 18.0. The van der Waals surface area contributed by atoms with E-state index in [2.05, 4.69) is 10.3 Å². The zero-order valence-corrected chi connectivity index (χ0v) is 13.4. The lowest BCUT2D eigenvalue weighted by Crippen LogP contribution is -2.17. The first-order valence-electron chi connectivity index (χ1n) is 6.45. The average Bonchev–Trinajstić information content (AvgIpc) is 2.96. The predicted octanol–water partition coefficient (Wildman–Crippen LogP) is 4.50. The molecular weight excluding hydrogens is 378 g/mol. The summed E-state index contributed by atoms with van der Waals surface area (Å²) in [5.41, 5.74) is -3.50. The lowest BCUT2D eigenvalue weighted by Gasteiger charge is -2.14. The Hall–Kier alpha value is -1.36. The number of carbonyl (C=O) groups excluding carboxylic acids is 1. The number of anilines is 1. The molecule has 1 aromatic carbocycles. The summed E-state index contributed by atoms with van der Waals surface area (Å²) in [6, 6.07) is 0.952. The second-order valence-corrected chi connectivity index (χ2v) is 6.93. The monoisotopic (exact) mass is 388 g/mol. The van der Waals surface area contributed by atoms with Gasteiger partial charge in [-0.15, -0.1) is 0 Å². The number of amides is 1. The van der Waals surface area contributed by atoms with Gasteiger partial charge in [-0.25, -0.2) is 0 Å². The molecule has 132 valence electrons. The first-order chi connectivity index (χ1) is 11.1. The standard InChI is InChI=1S/C13H10F6N2OS2/c14-12(15,16)7-3-8(13(17,18)19)5-9(4-7)21-10(22)6-24-11-20-1-2-23-11/h3-5H,1-2,6H2,(H,21,22). The molecule has 1 aliphatic heterocycles. The molecule has 0 saturated carbocycles. The highest BCUT2D eigenvalue weighted by Gasteiger charge is 2.37. The molecule has 2 rings (SSSR count). The minimum atomic E-state index is -4.95. The Kier molecular flexibility index (Phi) is 5.74. The minimum absolute atomic E-state index is 0.00824. The summed E-state index contributed by atoms with van der Waals surface area (Å²) in [6.07, 6.45) is -9.91. The lowest BCUT2D eigenvalue weighted by molar-refractivity contribution is -0.143. The molecule has 1 aliphatic rings. The molecule has 0 unspecified atom stereocenters. The molecule has 0 radical (unpaired) electrons. The van der Waals surface area contributed by atoms with E-state index in [-0.39, 0.29) is 11.8 Å². The smallest absolute Gasteiger partial charge is 0.325 e. The van der Waals surface area contributed by atoms with Crippen LogP contribution in [-0.2, 0) is 17.1 Å². The zero-order valence-electron chi connectivity index (χ0n) is 11.8. The van der Waals surface area contributed by atoms with E-state index >= 15 is 0 Å². The summed E-state index contributed by atoms with van der Waals surface area (Å²) in [5, 5.41) is 2.07. The number of alkyl halides is 6. The Morgan fingerprint density at radius 1 is 1.12 bits per heavy atom. The molecule has 1 amide bonds. The van der Waals surface area contributed by atoms with Crippen LogP contribution in [0.15, 0.2) is 23.2 Å². The Bertz CT molecular complexity index is 625. The lowest BCUT2D eigenvalue weighted by atomic mass is 10.1. The van der Waals surface area contributed by atoms with Gasteiger partial charge < -0.3 is 5.32 Å². The fraction of sp³-hybridized carbons (Fsp3) is 0.385. The number of hydrogen-bond donors (Lipinski definition) is 1. The Morgan fingerprint density at radius 2 is 1.71 bits per heavy atom. The normalized spacial score (nSPS) is 15.3. The predicted molar refractivity (Wildman–Crippen MR) is 82.3 cm³/mol. The number of carbonyl (C=O) groups is 1. The van der Waals surface area contributed by atoms with Crippen molar-refractivity contribution < 1.29 is 31.1 Å². The van der Waals surface area contributed by atoms with Gasteiger partial charge >= 0.3 is 12.4 Å². The molecule has 0 spiro atoms. The van der Waals surface area contributed by atoms with Gasteiger partial charge in [-0.3, -0.25) is 9.79 Å². The van der Waals surface area contributed by atoms with Crippen molar-refractivity contribution in [3.8, 4) is 0 Å². The van der Waals surface area contributed by atoms with Crippen LogP contribution in [0.1, 0.15) is 11.1 Å². The minimum Gasteiger partial charge on any atom is -0.325 e. The van der Waals surface area contributed by atoms with Crippen molar-refractivity contribution >= 4 is 39.5 Å². The molecule has 0 bridgehead atoms. The van der Waals surface area contributed by atoms with E-state index in [0.717, 1.165) is 17.5 Å². The van der Waals surface area contributed by atoms with Crippen LogP contribution in [0.25, 0.3) is 0 Å². The summed E-state index contributed by atoms with van der Waals surface area (Å²) in [4.78, 5) is 15.8. The second kappa shape index (κ2) is 7.26. The maximum Gasteiger partial charge on any atom is 0.416 e. The van der Waals surface area contributed by atoms with Crippen LogP contribution in [0.4, 0.5) is 32.0 Å². The average molecular weight is 388 g/mol. The van der Waals surface area contributed by atoms with Gasteiger partial charge in [0.05, 0.1) is 23.4 Å². The Morgan fingerprint density at radius 3 is 2.17 bits per heavy atom. The van der Waals surface area contributed by atoms with Gasteiger partial charge in [-0.05, 0) is 18.2 Å². The molecular formula is C13H10F6N2OS2. The third-order valence-electron chi connectivity index (χ3n) is 2.76. The van der Waals surface area contributed by atoms with Gasteiger partial charge in [0.25, 0.3) is 0 Å². The first kappa shape index (κ1) is 19.0. The van der Waals surface area contributed by atoms with Crippen LogP contribution in [0.2, 0.25) is 0 Å². The number of halogens is 6. The van der Waals surface area contributed by atoms with Crippen LogP contribution in [0.5, 0.6) is 0 Å². The van der Waals surface area contributed by atoms with E-state index in [9.17, 15) is 31.1 Å². The maximum absolute atomic E-state index is 12.7. The van der Waals surface area contributed by atoms with Crippen molar-refractivity contribution in [1.82, 2.24) is 0 Å². The number of aliphatic imine (C=N–C) groups is 1. The van der Waals surface area contributed by atoms with Crippen molar-refractivity contribution in [3.63, 3.8) is 0 Å². The number of benzene rings is 1. The van der Waals surface area contributed by atoms with Gasteiger partial charge in [-0.2, -0.15) is 26.3 Å². The molecule has 1 aromatic rings. The highest BCUT2D eigenvalue weighted by Crippen LogP contribution is 2.37. The molecule has 24 heavy (non-hydrogen) atoms. The third kappa shape index (κ3) is 5.33. The van der Waals surface area contributed by atoms with Crippen LogP contribution in [0, 0.1) is 0 Å². The van der Waals surface area contributed by atoms with E-state index in [0.29, 0.717) is 23.1 Å². The number of nitrogens with one attached hydrogen (secondary N) is 1.